The summed E-state index contributed by atoms with van der Waals surface area (Å²) in [5.41, 5.74) is 9.01. The molecule has 0 aliphatic rings. The van der Waals surface area contributed by atoms with E-state index in [1.807, 2.05) is 34.9 Å². The number of nitrogens with two attached hydrogens (primary N) is 1. The fourth-order valence-electron chi connectivity index (χ4n) is 2.13. The molecule has 0 unspecified atom stereocenters. The number of aromatic nitrogens is 3. The minimum absolute atomic E-state index is 0.525. The normalized spacial score (nSPS) is 11.0. The van der Waals surface area contributed by atoms with Crippen molar-refractivity contribution in [3.05, 3.63) is 53.3 Å². The van der Waals surface area contributed by atoms with Crippen molar-refractivity contribution in [2.45, 2.75) is 13.0 Å². The molecule has 96 valence electrons. The zero-order chi connectivity index (χ0) is 13.2. The summed E-state index contributed by atoms with van der Waals surface area (Å²) in [4.78, 5) is 8.35. The van der Waals surface area contributed by atoms with Gasteiger partial charge >= 0.3 is 0 Å². The molecule has 2 N–H and O–H groups in total. The quantitative estimate of drug-likeness (QED) is 0.798. The number of hydrogen-bond donors (Lipinski definition) is 1. The largest absolute Gasteiger partial charge is 0.369 e. The van der Waals surface area contributed by atoms with Crippen LogP contribution in [0.1, 0.15) is 5.56 Å². The van der Waals surface area contributed by atoms with E-state index >= 15 is 0 Å². The fourth-order valence-corrected chi connectivity index (χ4v) is 2.25. The smallest absolute Gasteiger partial charge is 0.201 e. The molecular weight excluding hydrogens is 260 g/mol. The van der Waals surface area contributed by atoms with E-state index in [9.17, 15) is 0 Å². The number of fused-ring (bicyclic) bond motifs is 1. The Balaban J connectivity index is 1.85. The Kier molecular flexibility index (Phi) is 3.09. The maximum absolute atomic E-state index is 5.94. The van der Waals surface area contributed by atoms with Crippen LogP contribution in [0.2, 0.25) is 5.02 Å². The van der Waals surface area contributed by atoms with E-state index in [-0.39, 0.29) is 0 Å². The Morgan fingerprint density at radius 1 is 1.16 bits per heavy atom. The molecule has 0 bridgehead atoms. The topological polar surface area (TPSA) is 56.7 Å². The highest BCUT2D eigenvalue weighted by molar-refractivity contribution is 6.30. The monoisotopic (exact) mass is 272 g/mol. The van der Waals surface area contributed by atoms with Crippen molar-refractivity contribution in [2.75, 3.05) is 5.73 Å². The molecule has 3 rings (SSSR count). The number of pyridine rings is 1. The van der Waals surface area contributed by atoms with Crippen LogP contribution < -0.4 is 5.73 Å². The van der Waals surface area contributed by atoms with Crippen molar-refractivity contribution in [3.8, 4) is 0 Å². The Bertz CT molecular complexity index is 703. The Hall–Kier alpha value is -2.07. The van der Waals surface area contributed by atoms with Crippen LogP contribution in [0.4, 0.5) is 5.95 Å². The lowest BCUT2D eigenvalue weighted by molar-refractivity contribution is 0.726. The number of nitrogen functional groups attached to an aromatic ring is 1. The summed E-state index contributed by atoms with van der Waals surface area (Å²) >= 11 is 5.87. The van der Waals surface area contributed by atoms with E-state index in [1.54, 1.807) is 12.4 Å². The average Bonchev–Trinajstić information content (AvgIpc) is 2.74. The molecule has 0 fully saturated rings. The van der Waals surface area contributed by atoms with Crippen LogP contribution >= 0.6 is 11.6 Å². The summed E-state index contributed by atoms with van der Waals surface area (Å²) in [5, 5.41) is 0.752. The molecule has 0 spiro atoms. The first-order valence-electron chi connectivity index (χ1n) is 6.04. The molecular formula is C14H13ClN4. The van der Waals surface area contributed by atoms with Crippen LogP contribution in [0.5, 0.6) is 0 Å². The minimum Gasteiger partial charge on any atom is -0.369 e. The van der Waals surface area contributed by atoms with Gasteiger partial charge in [-0.05, 0) is 30.2 Å². The number of aryl methyl sites for hydroxylation is 2. The van der Waals surface area contributed by atoms with Crippen LogP contribution in [0.15, 0.2) is 42.7 Å². The molecule has 0 saturated carbocycles. The van der Waals surface area contributed by atoms with E-state index < -0.39 is 0 Å². The van der Waals surface area contributed by atoms with Crippen molar-refractivity contribution in [1.82, 2.24) is 14.5 Å². The Morgan fingerprint density at radius 3 is 2.74 bits per heavy atom. The average molecular weight is 273 g/mol. The third kappa shape index (κ3) is 2.39. The molecule has 1 aromatic carbocycles. The summed E-state index contributed by atoms with van der Waals surface area (Å²) in [6.07, 6.45) is 4.36. The SMILES string of the molecule is Nc1nc2cnccc2n1CCc1ccc(Cl)cc1. The number of rotatable bonds is 3. The van der Waals surface area contributed by atoms with E-state index in [0.717, 1.165) is 29.0 Å². The van der Waals surface area contributed by atoms with Crippen LogP contribution in [-0.4, -0.2) is 14.5 Å². The third-order valence-corrected chi connectivity index (χ3v) is 3.37. The van der Waals surface area contributed by atoms with Gasteiger partial charge < -0.3 is 10.3 Å². The fraction of sp³-hybridized carbons (Fsp3) is 0.143. The Labute approximate surface area is 115 Å². The van der Waals surface area contributed by atoms with Gasteiger partial charge in [-0.1, -0.05) is 23.7 Å². The first-order valence-corrected chi connectivity index (χ1v) is 6.42. The van der Waals surface area contributed by atoms with Crippen molar-refractivity contribution in [2.24, 2.45) is 0 Å². The van der Waals surface area contributed by atoms with Crippen molar-refractivity contribution in [3.63, 3.8) is 0 Å². The van der Waals surface area contributed by atoms with Crippen LogP contribution in [0, 0.1) is 0 Å². The van der Waals surface area contributed by atoms with Gasteiger partial charge in [-0.2, -0.15) is 0 Å². The predicted octanol–water partition coefficient (Wildman–Crippen LogP) is 2.91. The van der Waals surface area contributed by atoms with Gasteiger partial charge in [0, 0.05) is 17.8 Å². The lowest BCUT2D eigenvalue weighted by atomic mass is 10.1. The van der Waals surface area contributed by atoms with E-state index in [4.69, 9.17) is 17.3 Å². The van der Waals surface area contributed by atoms with Gasteiger partial charge in [-0.25, -0.2) is 4.98 Å². The third-order valence-electron chi connectivity index (χ3n) is 3.12. The predicted molar refractivity (Wildman–Crippen MR) is 77.1 cm³/mol. The number of halogens is 1. The molecule has 3 aromatic rings. The lowest BCUT2D eigenvalue weighted by Crippen LogP contribution is -2.05. The van der Waals surface area contributed by atoms with Crippen molar-refractivity contribution >= 4 is 28.6 Å². The molecule has 0 saturated heterocycles. The van der Waals surface area contributed by atoms with Crippen molar-refractivity contribution < 1.29 is 0 Å². The highest BCUT2D eigenvalue weighted by Gasteiger charge is 2.07. The van der Waals surface area contributed by atoms with Gasteiger partial charge in [0.05, 0.1) is 11.7 Å². The van der Waals surface area contributed by atoms with Gasteiger partial charge in [0.25, 0.3) is 0 Å². The molecule has 2 heterocycles. The highest BCUT2D eigenvalue weighted by atomic mass is 35.5. The van der Waals surface area contributed by atoms with Gasteiger partial charge in [0.2, 0.25) is 5.95 Å². The Morgan fingerprint density at radius 2 is 1.95 bits per heavy atom. The molecule has 19 heavy (non-hydrogen) atoms. The second-order valence-corrected chi connectivity index (χ2v) is 4.80. The summed E-state index contributed by atoms with van der Waals surface area (Å²) < 4.78 is 2.01. The minimum atomic E-state index is 0.525. The summed E-state index contributed by atoms with van der Waals surface area (Å²) in [5.74, 6) is 0.525. The molecule has 0 atom stereocenters. The van der Waals surface area contributed by atoms with Gasteiger partial charge in [0.1, 0.15) is 5.52 Å². The van der Waals surface area contributed by atoms with Gasteiger partial charge in [-0.3, -0.25) is 4.98 Å². The molecule has 0 aliphatic carbocycles. The van der Waals surface area contributed by atoms with Crippen LogP contribution in [0.25, 0.3) is 11.0 Å². The van der Waals surface area contributed by atoms with Gasteiger partial charge in [-0.15, -0.1) is 0 Å². The van der Waals surface area contributed by atoms with Crippen LogP contribution in [-0.2, 0) is 13.0 Å². The van der Waals surface area contributed by atoms with Crippen molar-refractivity contribution in [1.29, 1.82) is 0 Å². The molecule has 0 radical (unpaired) electrons. The van der Waals surface area contributed by atoms with E-state index in [1.165, 1.54) is 5.56 Å². The van der Waals surface area contributed by atoms with E-state index in [2.05, 4.69) is 9.97 Å². The first-order chi connectivity index (χ1) is 9.24. The maximum Gasteiger partial charge on any atom is 0.201 e. The molecule has 4 nitrogen and oxygen atoms in total. The number of benzene rings is 1. The maximum atomic E-state index is 5.94. The van der Waals surface area contributed by atoms with E-state index in [0.29, 0.717) is 5.95 Å². The number of anilines is 1. The molecule has 0 amide bonds. The molecule has 5 heteroatoms. The standard InChI is InChI=1S/C14H13ClN4/c15-11-3-1-10(2-4-11)6-8-19-13-5-7-17-9-12(13)18-14(19)16/h1-5,7,9H,6,8H2,(H2,16,18). The number of imidazole rings is 1. The number of hydrogen-bond acceptors (Lipinski definition) is 3. The first kappa shape index (κ1) is 12.0. The number of nitrogens with zero attached hydrogens (tertiary/aromatic N) is 3. The summed E-state index contributed by atoms with van der Waals surface area (Å²) in [7, 11) is 0. The second-order valence-electron chi connectivity index (χ2n) is 4.36. The van der Waals surface area contributed by atoms with Crippen LogP contribution in [0.3, 0.4) is 0 Å². The zero-order valence-electron chi connectivity index (χ0n) is 10.3. The molecule has 0 aliphatic heterocycles. The van der Waals surface area contributed by atoms with Gasteiger partial charge in [0.15, 0.2) is 0 Å². The molecule has 2 aromatic heterocycles. The zero-order valence-corrected chi connectivity index (χ0v) is 11.0. The summed E-state index contributed by atoms with van der Waals surface area (Å²) in [6.45, 7) is 0.786. The second kappa shape index (κ2) is 4.90. The highest BCUT2D eigenvalue weighted by Crippen LogP contribution is 2.17. The summed E-state index contributed by atoms with van der Waals surface area (Å²) in [6, 6.07) is 9.78. The lowest BCUT2D eigenvalue weighted by Gasteiger charge is -2.06.